The highest BCUT2D eigenvalue weighted by Gasteiger charge is 2.15. The van der Waals surface area contributed by atoms with E-state index in [1.54, 1.807) is 7.11 Å². The second-order valence-electron chi connectivity index (χ2n) is 7.68. The lowest BCUT2D eigenvalue weighted by Crippen LogP contribution is -2.37. The van der Waals surface area contributed by atoms with E-state index in [-0.39, 0.29) is 5.91 Å². The highest BCUT2D eigenvalue weighted by Crippen LogP contribution is 2.29. The average molecular weight is 408 g/mol. The number of carbonyl (C=O) groups excluding carboxylic acids is 1. The molecular formula is C23H29N5O2. The lowest BCUT2D eigenvalue weighted by atomic mass is 10.1. The van der Waals surface area contributed by atoms with Crippen molar-refractivity contribution < 1.29 is 9.53 Å². The molecule has 1 N–H and O–H groups in total. The quantitative estimate of drug-likeness (QED) is 0.723. The zero-order chi connectivity index (χ0) is 20.9. The molecule has 3 heterocycles. The van der Waals surface area contributed by atoms with Gasteiger partial charge >= 0.3 is 0 Å². The number of carbonyl (C=O) groups is 1. The molecule has 3 aromatic rings. The molecule has 4 rings (SSSR count). The summed E-state index contributed by atoms with van der Waals surface area (Å²) in [4.78, 5) is 16.8. The van der Waals surface area contributed by atoms with E-state index >= 15 is 0 Å². The van der Waals surface area contributed by atoms with Crippen LogP contribution >= 0.6 is 0 Å². The molecule has 0 saturated heterocycles. The van der Waals surface area contributed by atoms with Crippen molar-refractivity contribution in [3.63, 3.8) is 0 Å². The van der Waals surface area contributed by atoms with Gasteiger partial charge in [0.2, 0.25) is 5.91 Å². The molecule has 4 bridgehead atoms. The highest BCUT2D eigenvalue weighted by atomic mass is 16.5. The van der Waals surface area contributed by atoms with Gasteiger partial charge in [0.25, 0.3) is 0 Å². The average Bonchev–Trinajstić information content (AvgIpc) is 3.19. The number of hydrogen-bond donors (Lipinski definition) is 1. The summed E-state index contributed by atoms with van der Waals surface area (Å²) in [5.74, 6) is 0.140. The van der Waals surface area contributed by atoms with Gasteiger partial charge < -0.3 is 19.9 Å². The third-order valence-electron chi connectivity index (χ3n) is 5.62. The van der Waals surface area contributed by atoms with Crippen molar-refractivity contribution >= 4 is 22.8 Å². The minimum absolute atomic E-state index is 0.140. The number of benzene rings is 1. The number of anilines is 2. The van der Waals surface area contributed by atoms with Crippen molar-refractivity contribution in [3.05, 3.63) is 48.8 Å². The SMILES string of the molecule is COCCC(=O)N1CCCN(C)c2cccc(c2)-c2cnn3ccc(cc23)NCC1. The third kappa shape index (κ3) is 4.41. The van der Waals surface area contributed by atoms with E-state index in [9.17, 15) is 4.79 Å². The third-order valence-corrected chi connectivity index (χ3v) is 5.62. The number of pyridine rings is 1. The Kier molecular flexibility index (Phi) is 6.18. The van der Waals surface area contributed by atoms with Gasteiger partial charge in [-0.15, -0.1) is 0 Å². The Bertz CT molecular complexity index is 1020. The fourth-order valence-corrected chi connectivity index (χ4v) is 3.90. The number of hydrogen-bond acceptors (Lipinski definition) is 5. The predicted molar refractivity (Wildman–Crippen MR) is 120 cm³/mol. The molecule has 0 saturated carbocycles. The molecule has 1 aromatic carbocycles. The molecule has 7 heteroatoms. The summed E-state index contributed by atoms with van der Waals surface area (Å²) in [6, 6.07) is 12.7. The molecule has 2 aromatic heterocycles. The molecule has 0 atom stereocenters. The summed E-state index contributed by atoms with van der Waals surface area (Å²) < 4.78 is 6.99. The number of nitrogens with zero attached hydrogens (tertiary/aromatic N) is 4. The largest absolute Gasteiger partial charge is 0.384 e. The summed E-state index contributed by atoms with van der Waals surface area (Å²) in [5, 5.41) is 7.98. The van der Waals surface area contributed by atoms with Crippen LogP contribution < -0.4 is 10.2 Å². The molecule has 30 heavy (non-hydrogen) atoms. The Morgan fingerprint density at radius 3 is 2.97 bits per heavy atom. The van der Waals surface area contributed by atoms with Gasteiger partial charge in [-0.05, 0) is 36.2 Å². The topological polar surface area (TPSA) is 62.1 Å². The standard InChI is InChI=1S/C23H29N5O2/c1-26-10-4-11-27(23(29)8-14-30-2)13-9-24-19-7-12-28-22(16-19)21(17-25-28)18-5-3-6-20(26)15-18/h3,5-7,12,15-17,24H,4,8-11,13-14H2,1-2H3. The molecule has 158 valence electrons. The first-order valence-corrected chi connectivity index (χ1v) is 10.5. The minimum Gasteiger partial charge on any atom is -0.384 e. The highest BCUT2D eigenvalue weighted by molar-refractivity contribution is 5.83. The van der Waals surface area contributed by atoms with Crippen molar-refractivity contribution in [1.29, 1.82) is 0 Å². The molecule has 1 aliphatic rings. The fourth-order valence-electron chi connectivity index (χ4n) is 3.90. The lowest BCUT2D eigenvalue weighted by Gasteiger charge is -2.25. The maximum absolute atomic E-state index is 12.6. The molecule has 0 aliphatic carbocycles. The molecular weight excluding hydrogens is 378 g/mol. The number of aromatic nitrogens is 2. The summed E-state index contributed by atoms with van der Waals surface area (Å²) in [6.07, 6.45) is 5.22. The van der Waals surface area contributed by atoms with E-state index in [2.05, 4.69) is 52.7 Å². The number of ether oxygens (including phenoxy) is 1. The van der Waals surface area contributed by atoms with Crippen LogP contribution in [0.15, 0.2) is 48.8 Å². The number of fused-ring (bicyclic) bond motifs is 4. The van der Waals surface area contributed by atoms with E-state index in [1.807, 2.05) is 27.9 Å². The number of nitrogens with one attached hydrogen (secondary N) is 1. The van der Waals surface area contributed by atoms with E-state index in [1.165, 1.54) is 0 Å². The maximum Gasteiger partial charge on any atom is 0.224 e. The summed E-state index contributed by atoms with van der Waals surface area (Å²) >= 11 is 0. The monoisotopic (exact) mass is 407 g/mol. The second-order valence-corrected chi connectivity index (χ2v) is 7.68. The number of rotatable bonds is 3. The van der Waals surface area contributed by atoms with Crippen LogP contribution in [0.25, 0.3) is 16.6 Å². The maximum atomic E-state index is 12.6. The van der Waals surface area contributed by atoms with Crippen LogP contribution in [-0.2, 0) is 9.53 Å². The Labute approximate surface area is 177 Å². The Morgan fingerprint density at radius 1 is 1.20 bits per heavy atom. The fraction of sp³-hybridized carbons (Fsp3) is 0.391. The van der Waals surface area contributed by atoms with Crippen LogP contribution in [0.5, 0.6) is 0 Å². The molecule has 1 aliphatic heterocycles. The summed E-state index contributed by atoms with van der Waals surface area (Å²) in [6.45, 7) is 3.43. The Hall–Kier alpha value is -3.06. The molecule has 7 nitrogen and oxygen atoms in total. The van der Waals surface area contributed by atoms with E-state index < -0.39 is 0 Å². The summed E-state index contributed by atoms with van der Waals surface area (Å²) in [7, 11) is 3.73. The van der Waals surface area contributed by atoms with E-state index in [0.29, 0.717) is 26.1 Å². The van der Waals surface area contributed by atoms with Gasteiger partial charge in [-0.1, -0.05) is 12.1 Å². The van der Waals surface area contributed by atoms with Crippen molar-refractivity contribution in [1.82, 2.24) is 14.5 Å². The van der Waals surface area contributed by atoms with Crippen LogP contribution in [0, 0.1) is 0 Å². The van der Waals surface area contributed by atoms with E-state index in [0.717, 1.165) is 47.5 Å². The van der Waals surface area contributed by atoms with Crippen LogP contribution in [0.4, 0.5) is 11.4 Å². The van der Waals surface area contributed by atoms with Gasteiger partial charge in [-0.2, -0.15) is 5.10 Å². The van der Waals surface area contributed by atoms with Crippen LogP contribution in [-0.4, -0.2) is 67.4 Å². The first kappa shape index (κ1) is 20.2. The molecule has 1 amide bonds. The second kappa shape index (κ2) is 9.17. The predicted octanol–water partition coefficient (Wildman–Crippen LogP) is 3.12. The minimum atomic E-state index is 0.140. The van der Waals surface area contributed by atoms with Crippen molar-refractivity contribution in [2.45, 2.75) is 12.8 Å². The Balaban J connectivity index is 1.65. The van der Waals surface area contributed by atoms with Crippen LogP contribution in [0.3, 0.4) is 0 Å². The zero-order valence-electron chi connectivity index (χ0n) is 17.7. The van der Waals surface area contributed by atoms with Gasteiger partial charge in [-0.25, -0.2) is 4.52 Å². The van der Waals surface area contributed by atoms with Gasteiger partial charge in [0, 0.05) is 63.5 Å². The van der Waals surface area contributed by atoms with Crippen LogP contribution in [0.1, 0.15) is 12.8 Å². The van der Waals surface area contributed by atoms with Crippen molar-refractivity contribution in [3.8, 4) is 11.1 Å². The van der Waals surface area contributed by atoms with E-state index in [4.69, 9.17) is 4.74 Å². The zero-order valence-corrected chi connectivity index (χ0v) is 17.7. The van der Waals surface area contributed by atoms with Gasteiger partial charge in [0.05, 0.1) is 24.7 Å². The summed E-state index contributed by atoms with van der Waals surface area (Å²) in [5.41, 5.74) is 5.51. The number of methoxy groups -OCH3 is 1. The molecule has 0 spiro atoms. The normalized spacial score (nSPS) is 15.0. The van der Waals surface area contributed by atoms with Gasteiger partial charge in [-0.3, -0.25) is 4.79 Å². The molecule has 0 unspecified atom stereocenters. The van der Waals surface area contributed by atoms with Crippen molar-refractivity contribution in [2.24, 2.45) is 0 Å². The first-order chi connectivity index (χ1) is 14.7. The first-order valence-electron chi connectivity index (χ1n) is 10.5. The smallest absolute Gasteiger partial charge is 0.224 e. The van der Waals surface area contributed by atoms with Crippen LogP contribution in [0.2, 0.25) is 0 Å². The molecule has 0 radical (unpaired) electrons. The van der Waals surface area contributed by atoms with Crippen molar-refractivity contribution in [2.75, 3.05) is 57.2 Å². The van der Waals surface area contributed by atoms with Gasteiger partial charge in [0.15, 0.2) is 0 Å². The number of amides is 1. The Morgan fingerprint density at radius 2 is 2.10 bits per heavy atom. The molecule has 0 fully saturated rings. The lowest BCUT2D eigenvalue weighted by molar-refractivity contribution is -0.132. The van der Waals surface area contributed by atoms with Gasteiger partial charge in [0.1, 0.15) is 0 Å².